The fourth-order valence-electron chi connectivity index (χ4n) is 4.67. The van der Waals surface area contributed by atoms with E-state index in [1.54, 1.807) is 26.4 Å². The molecule has 2 atom stereocenters. The lowest BCUT2D eigenvalue weighted by atomic mass is 9.88. The van der Waals surface area contributed by atoms with Gasteiger partial charge in [-0.05, 0) is 55.2 Å². The van der Waals surface area contributed by atoms with Crippen molar-refractivity contribution >= 4 is 5.91 Å². The van der Waals surface area contributed by atoms with E-state index in [0.717, 1.165) is 35.7 Å². The van der Waals surface area contributed by atoms with Crippen molar-refractivity contribution in [1.29, 1.82) is 0 Å². The first-order valence-electron chi connectivity index (χ1n) is 11.3. The van der Waals surface area contributed by atoms with Crippen molar-refractivity contribution in [3.05, 3.63) is 59.4 Å². The van der Waals surface area contributed by atoms with Crippen LogP contribution in [-0.2, 0) is 16.1 Å². The van der Waals surface area contributed by atoms with E-state index in [9.17, 15) is 9.18 Å². The molecular formula is C26H35FN2O4. The second kappa shape index (κ2) is 11.5. The third-order valence-corrected chi connectivity index (χ3v) is 6.25. The molecule has 2 aromatic rings. The van der Waals surface area contributed by atoms with Crippen molar-refractivity contribution in [2.45, 2.75) is 32.4 Å². The molecule has 6 nitrogen and oxygen atoms in total. The average Bonchev–Trinajstić information content (AvgIpc) is 3.19. The summed E-state index contributed by atoms with van der Waals surface area (Å²) < 4.78 is 30.0. The molecule has 0 bridgehead atoms. The molecule has 180 valence electrons. The lowest BCUT2D eigenvalue weighted by Gasteiger charge is -2.31. The van der Waals surface area contributed by atoms with Gasteiger partial charge in [-0.2, -0.15) is 0 Å². The SMILES string of the molecule is COCC(=O)N(C[C@H]1CN(Cc2cc(OC)cc(OC)c2)C[C@H]1c1cccc(F)c1)C(C)C. The fraction of sp³-hybridized carbons (Fsp3) is 0.500. The molecule has 3 rings (SSSR count). The maximum Gasteiger partial charge on any atom is 0.248 e. The summed E-state index contributed by atoms with van der Waals surface area (Å²) in [7, 11) is 4.82. The Balaban J connectivity index is 1.85. The first-order valence-corrected chi connectivity index (χ1v) is 11.3. The van der Waals surface area contributed by atoms with Gasteiger partial charge in [-0.3, -0.25) is 9.69 Å². The number of amides is 1. The summed E-state index contributed by atoms with van der Waals surface area (Å²) in [4.78, 5) is 16.9. The van der Waals surface area contributed by atoms with Crippen molar-refractivity contribution in [2.24, 2.45) is 5.92 Å². The highest BCUT2D eigenvalue weighted by atomic mass is 19.1. The van der Waals surface area contributed by atoms with Gasteiger partial charge in [-0.15, -0.1) is 0 Å². The Morgan fingerprint density at radius 3 is 2.36 bits per heavy atom. The molecule has 7 heteroatoms. The minimum Gasteiger partial charge on any atom is -0.497 e. The number of likely N-dealkylation sites (tertiary alicyclic amines) is 1. The number of carbonyl (C=O) groups is 1. The zero-order valence-electron chi connectivity index (χ0n) is 20.2. The van der Waals surface area contributed by atoms with Gasteiger partial charge in [0.05, 0.1) is 14.2 Å². The monoisotopic (exact) mass is 458 g/mol. The van der Waals surface area contributed by atoms with E-state index in [-0.39, 0.29) is 36.2 Å². The first kappa shape index (κ1) is 25.0. The summed E-state index contributed by atoms with van der Waals surface area (Å²) in [6.45, 7) is 6.97. The van der Waals surface area contributed by atoms with Crippen molar-refractivity contribution in [3.63, 3.8) is 0 Å². The zero-order chi connectivity index (χ0) is 24.0. The minimum absolute atomic E-state index is 0.0264. The van der Waals surface area contributed by atoms with Gasteiger partial charge in [0.1, 0.15) is 23.9 Å². The largest absolute Gasteiger partial charge is 0.497 e. The summed E-state index contributed by atoms with van der Waals surface area (Å²) >= 11 is 0. The van der Waals surface area contributed by atoms with Crippen LogP contribution in [-0.4, -0.2) is 69.3 Å². The van der Waals surface area contributed by atoms with Gasteiger partial charge in [-0.25, -0.2) is 4.39 Å². The van der Waals surface area contributed by atoms with E-state index >= 15 is 0 Å². The maximum absolute atomic E-state index is 14.1. The predicted molar refractivity (Wildman–Crippen MR) is 126 cm³/mol. The number of nitrogens with zero attached hydrogens (tertiary/aromatic N) is 2. The van der Waals surface area contributed by atoms with Crippen LogP contribution >= 0.6 is 0 Å². The number of ether oxygens (including phenoxy) is 3. The van der Waals surface area contributed by atoms with Gasteiger partial charge in [-0.1, -0.05) is 12.1 Å². The van der Waals surface area contributed by atoms with Crippen LogP contribution in [0.1, 0.15) is 30.9 Å². The first-order chi connectivity index (χ1) is 15.8. The lowest BCUT2D eigenvalue weighted by Crippen LogP contribution is -2.43. The highest BCUT2D eigenvalue weighted by Gasteiger charge is 2.36. The Morgan fingerprint density at radius 1 is 1.09 bits per heavy atom. The lowest BCUT2D eigenvalue weighted by molar-refractivity contribution is -0.137. The summed E-state index contributed by atoms with van der Waals surface area (Å²) in [6, 6.07) is 12.8. The molecule has 0 saturated carbocycles. The van der Waals surface area contributed by atoms with Crippen molar-refractivity contribution in [2.75, 3.05) is 47.6 Å². The summed E-state index contributed by atoms with van der Waals surface area (Å²) in [6.07, 6.45) is 0. The number of hydrogen-bond acceptors (Lipinski definition) is 5. The predicted octanol–water partition coefficient (Wildman–Crippen LogP) is 3.94. The molecule has 0 aromatic heterocycles. The number of benzene rings is 2. The standard InChI is InChI=1S/C26H35FN2O4/c1-18(2)29(26(30)17-31-3)15-21-14-28(16-25(21)20-7-6-8-22(27)11-20)13-19-9-23(32-4)12-24(10-19)33-5/h6-12,18,21,25H,13-17H2,1-5H3/t21-,25+/m1/s1. The highest BCUT2D eigenvalue weighted by Crippen LogP contribution is 2.35. The van der Waals surface area contributed by atoms with E-state index in [0.29, 0.717) is 13.1 Å². The van der Waals surface area contributed by atoms with E-state index in [1.165, 1.54) is 13.2 Å². The van der Waals surface area contributed by atoms with Gasteiger partial charge in [0, 0.05) is 51.3 Å². The smallest absolute Gasteiger partial charge is 0.248 e. The van der Waals surface area contributed by atoms with Crippen LogP contribution in [0.4, 0.5) is 4.39 Å². The second-order valence-corrected chi connectivity index (χ2v) is 8.91. The summed E-state index contributed by atoms with van der Waals surface area (Å²) in [5.41, 5.74) is 2.05. The molecule has 0 spiro atoms. The Bertz CT molecular complexity index is 914. The van der Waals surface area contributed by atoms with Crippen molar-refractivity contribution in [1.82, 2.24) is 9.80 Å². The molecule has 1 heterocycles. The highest BCUT2D eigenvalue weighted by molar-refractivity contribution is 5.77. The molecule has 0 aliphatic carbocycles. The van der Waals surface area contributed by atoms with Crippen LogP contribution in [0.25, 0.3) is 0 Å². The van der Waals surface area contributed by atoms with Crippen molar-refractivity contribution < 1.29 is 23.4 Å². The van der Waals surface area contributed by atoms with E-state index < -0.39 is 0 Å². The van der Waals surface area contributed by atoms with Gasteiger partial charge in [0.15, 0.2) is 0 Å². The van der Waals surface area contributed by atoms with E-state index in [1.807, 2.05) is 43.0 Å². The van der Waals surface area contributed by atoms with Crippen molar-refractivity contribution in [3.8, 4) is 11.5 Å². The zero-order valence-corrected chi connectivity index (χ0v) is 20.2. The molecule has 33 heavy (non-hydrogen) atoms. The number of rotatable bonds is 10. The molecule has 1 aliphatic heterocycles. The normalized spacial score (nSPS) is 18.5. The molecule has 1 saturated heterocycles. The Labute approximate surface area is 196 Å². The molecule has 2 aromatic carbocycles. The molecule has 0 unspecified atom stereocenters. The topological polar surface area (TPSA) is 51.2 Å². The van der Waals surface area contributed by atoms with Gasteiger partial charge in [0.2, 0.25) is 5.91 Å². The fourth-order valence-corrected chi connectivity index (χ4v) is 4.67. The van der Waals surface area contributed by atoms with E-state index in [2.05, 4.69) is 4.90 Å². The third-order valence-electron chi connectivity index (χ3n) is 6.25. The van der Waals surface area contributed by atoms with Crippen LogP contribution in [0.3, 0.4) is 0 Å². The maximum atomic E-state index is 14.1. The van der Waals surface area contributed by atoms with Crippen LogP contribution < -0.4 is 9.47 Å². The number of carbonyl (C=O) groups excluding carboxylic acids is 1. The molecule has 0 radical (unpaired) electrons. The van der Waals surface area contributed by atoms with Gasteiger partial charge < -0.3 is 19.1 Å². The van der Waals surface area contributed by atoms with Crippen LogP contribution in [0.15, 0.2) is 42.5 Å². The summed E-state index contributed by atoms with van der Waals surface area (Å²) in [5, 5.41) is 0. The second-order valence-electron chi connectivity index (χ2n) is 8.91. The molecule has 1 amide bonds. The molecule has 0 N–H and O–H groups in total. The third kappa shape index (κ3) is 6.45. The molecule has 1 aliphatic rings. The van der Waals surface area contributed by atoms with Crippen LogP contribution in [0, 0.1) is 11.7 Å². The number of halogens is 1. The van der Waals surface area contributed by atoms with Crippen LogP contribution in [0.5, 0.6) is 11.5 Å². The quantitative estimate of drug-likeness (QED) is 0.540. The Hall–Kier alpha value is -2.64. The number of hydrogen-bond donors (Lipinski definition) is 0. The van der Waals surface area contributed by atoms with Gasteiger partial charge >= 0.3 is 0 Å². The Morgan fingerprint density at radius 2 is 1.79 bits per heavy atom. The molecule has 1 fully saturated rings. The van der Waals surface area contributed by atoms with E-state index in [4.69, 9.17) is 14.2 Å². The Kier molecular flexibility index (Phi) is 8.69. The molecular weight excluding hydrogens is 423 g/mol. The van der Waals surface area contributed by atoms with Gasteiger partial charge in [0.25, 0.3) is 0 Å². The average molecular weight is 459 g/mol. The minimum atomic E-state index is -0.238. The van der Waals surface area contributed by atoms with Crippen LogP contribution in [0.2, 0.25) is 0 Å². The number of methoxy groups -OCH3 is 3. The summed E-state index contributed by atoms with van der Waals surface area (Å²) in [5.74, 6) is 1.52.